The smallest absolute Gasteiger partial charge is 0.0756 e. The number of rotatable bonds is 3. The van der Waals surface area contributed by atoms with Gasteiger partial charge in [0.25, 0.3) is 0 Å². The van der Waals surface area contributed by atoms with E-state index in [1.807, 2.05) is 24.0 Å². The van der Waals surface area contributed by atoms with Gasteiger partial charge in [0.1, 0.15) is 0 Å². The third-order valence-corrected chi connectivity index (χ3v) is 3.41. The first-order chi connectivity index (χ1) is 8.84. The molecule has 1 aliphatic rings. The van der Waals surface area contributed by atoms with Crippen LogP contribution in [-0.4, -0.2) is 44.6 Å². The topological polar surface area (TPSA) is 59.0 Å². The molecule has 3 rings (SSSR count). The van der Waals surface area contributed by atoms with Crippen molar-refractivity contribution in [3.8, 4) is 0 Å². The van der Waals surface area contributed by atoms with Gasteiger partial charge < -0.3 is 4.74 Å². The highest BCUT2D eigenvalue weighted by atomic mass is 16.5. The lowest BCUT2D eigenvalue weighted by Gasteiger charge is -2.34. The van der Waals surface area contributed by atoms with Crippen LogP contribution >= 0.6 is 0 Å². The first kappa shape index (κ1) is 11.4. The second-order valence-electron chi connectivity index (χ2n) is 4.52. The Kier molecular flexibility index (Phi) is 3.12. The van der Waals surface area contributed by atoms with Crippen LogP contribution < -0.4 is 0 Å². The SMILES string of the molecule is Cn1nccc1CN1CCOC[C@@H]1c1ccn[nH]1. The van der Waals surface area contributed by atoms with Crippen LogP contribution in [0.5, 0.6) is 0 Å². The molecule has 1 fully saturated rings. The average Bonchev–Trinajstić information content (AvgIpc) is 3.03. The third-order valence-electron chi connectivity index (χ3n) is 3.41. The Morgan fingerprint density at radius 3 is 3.11 bits per heavy atom. The number of hydrogen-bond donors (Lipinski definition) is 1. The van der Waals surface area contributed by atoms with E-state index in [2.05, 4.69) is 26.3 Å². The summed E-state index contributed by atoms with van der Waals surface area (Å²) in [5.74, 6) is 0. The number of ether oxygens (including phenoxy) is 1. The minimum Gasteiger partial charge on any atom is -0.378 e. The molecule has 18 heavy (non-hydrogen) atoms. The molecule has 3 heterocycles. The van der Waals surface area contributed by atoms with E-state index >= 15 is 0 Å². The summed E-state index contributed by atoms with van der Waals surface area (Å²) in [6.07, 6.45) is 3.62. The van der Waals surface area contributed by atoms with E-state index in [0.29, 0.717) is 6.61 Å². The van der Waals surface area contributed by atoms with E-state index in [-0.39, 0.29) is 6.04 Å². The molecule has 0 radical (unpaired) electrons. The molecule has 2 aromatic rings. The molecule has 0 amide bonds. The fraction of sp³-hybridized carbons (Fsp3) is 0.500. The molecule has 2 aromatic heterocycles. The fourth-order valence-corrected chi connectivity index (χ4v) is 2.33. The van der Waals surface area contributed by atoms with E-state index in [1.54, 1.807) is 6.20 Å². The van der Waals surface area contributed by atoms with Gasteiger partial charge in [-0.3, -0.25) is 14.7 Å². The quantitative estimate of drug-likeness (QED) is 0.868. The van der Waals surface area contributed by atoms with Gasteiger partial charge in [-0.1, -0.05) is 0 Å². The standard InChI is InChI=1S/C12H17N5O/c1-16-10(2-5-14-16)8-17-6-7-18-9-12(17)11-3-4-13-15-11/h2-5,12H,6-9H2,1H3,(H,13,15)/t12-/m1/s1. The van der Waals surface area contributed by atoms with Crippen LogP contribution in [0, 0.1) is 0 Å². The second kappa shape index (κ2) is 4.91. The Hall–Kier alpha value is -1.66. The summed E-state index contributed by atoms with van der Waals surface area (Å²) in [6, 6.07) is 4.31. The summed E-state index contributed by atoms with van der Waals surface area (Å²) in [5, 5.41) is 11.3. The van der Waals surface area contributed by atoms with Crippen molar-refractivity contribution >= 4 is 0 Å². The van der Waals surface area contributed by atoms with Gasteiger partial charge in [0.15, 0.2) is 0 Å². The highest BCUT2D eigenvalue weighted by molar-refractivity contribution is 5.08. The second-order valence-corrected chi connectivity index (χ2v) is 4.52. The zero-order valence-electron chi connectivity index (χ0n) is 10.4. The average molecular weight is 247 g/mol. The number of hydrogen-bond acceptors (Lipinski definition) is 4. The molecule has 0 aliphatic carbocycles. The lowest BCUT2D eigenvalue weighted by Crippen LogP contribution is -2.39. The van der Waals surface area contributed by atoms with Crippen LogP contribution in [0.4, 0.5) is 0 Å². The monoisotopic (exact) mass is 247 g/mol. The number of morpholine rings is 1. The van der Waals surface area contributed by atoms with E-state index < -0.39 is 0 Å². The zero-order valence-corrected chi connectivity index (χ0v) is 10.4. The molecule has 0 spiro atoms. The molecule has 6 nitrogen and oxygen atoms in total. The number of nitrogens with zero attached hydrogens (tertiary/aromatic N) is 4. The Morgan fingerprint density at radius 2 is 2.39 bits per heavy atom. The molecular weight excluding hydrogens is 230 g/mol. The number of nitrogens with one attached hydrogen (secondary N) is 1. The molecule has 0 bridgehead atoms. The highest BCUT2D eigenvalue weighted by Gasteiger charge is 2.26. The van der Waals surface area contributed by atoms with E-state index in [9.17, 15) is 0 Å². The zero-order chi connectivity index (χ0) is 12.4. The molecule has 96 valence electrons. The molecule has 0 saturated carbocycles. The number of aromatic nitrogens is 4. The summed E-state index contributed by atoms with van der Waals surface area (Å²) < 4.78 is 7.49. The minimum absolute atomic E-state index is 0.246. The first-order valence-electron chi connectivity index (χ1n) is 6.12. The molecule has 1 atom stereocenters. The third kappa shape index (κ3) is 2.16. The molecule has 1 aliphatic heterocycles. The van der Waals surface area contributed by atoms with Crippen molar-refractivity contribution in [1.82, 2.24) is 24.9 Å². The summed E-state index contributed by atoms with van der Waals surface area (Å²) in [5.41, 5.74) is 2.32. The molecule has 6 heteroatoms. The van der Waals surface area contributed by atoms with Gasteiger partial charge in [-0.25, -0.2) is 0 Å². The van der Waals surface area contributed by atoms with Gasteiger partial charge in [0.2, 0.25) is 0 Å². The number of H-pyrrole nitrogens is 1. The van der Waals surface area contributed by atoms with Crippen LogP contribution in [0.3, 0.4) is 0 Å². The summed E-state index contributed by atoms with van der Waals surface area (Å²) in [6.45, 7) is 3.29. The predicted molar refractivity (Wildman–Crippen MR) is 65.8 cm³/mol. The van der Waals surface area contributed by atoms with Crippen LogP contribution in [0.15, 0.2) is 24.5 Å². The van der Waals surface area contributed by atoms with Crippen molar-refractivity contribution in [2.24, 2.45) is 7.05 Å². The lowest BCUT2D eigenvalue weighted by molar-refractivity contribution is -0.0152. The maximum Gasteiger partial charge on any atom is 0.0756 e. The molecule has 1 N–H and O–H groups in total. The van der Waals surface area contributed by atoms with Crippen molar-refractivity contribution in [2.75, 3.05) is 19.8 Å². The van der Waals surface area contributed by atoms with Gasteiger partial charge in [-0.2, -0.15) is 10.2 Å². The Balaban J connectivity index is 1.78. The lowest BCUT2D eigenvalue weighted by atomic mass is 10.1. The van der Waals surface area contributed by atoms with Gasteiger partial charge in [-0.05, 0) is 12.1 Å². The fourth-order valence-electron chi connectivity index (χ4n) is 2.33. The molecule has 0 aromatic carbocycles. The van der Waals surface area contributed by atoms with Crippen molar-refractivity contribution in [1.29, 1.82) is 0 Å². The predicted octanol–water partition coefficient (Wildman–Crippen LogP) is 0.717. The van der Waals surface area contributed by atoms with Crippen molar-refractivity contribution in [2.45, 2.75) is 12.6 Å². The first-order valence-corrected chi connectivity index (χ1v) is 6.12. The van der Waals surface area contributed by atoms with Gasteiger partial charge in [-0.15, -0.1) is 0 Å². The Bertz CT molecular complexity index is 492. The van der Waals surface area contributed by atoms with Crippen molar-refractivity contribution < 1.29 is 4.74 Å². The van der Waals surface area contributed by atoms with Crippen molar-refractivity contribution in [3.63, 3.8) is 0 Å². The molecule has 1 saturated heterocycles. The van der Waals surface area contributed by atoms with Gasteiger partial charge >= 0.3 is 0 Å². The number of aromatic amines is 1. The summed E-state index contributed by atoms with van der Waals surface area (Å²) in [7, 11) is 1.97. The Morgan fingerprint density at radius 1 is 1.44 bits per heavy atom. The highest BCUT2D eigenvalue weighted by Crippen LogP contribution is 2.23. The van der Waals surface area contributed by atoms with Crippen LogP contribution in [-0.2, 0) is 18.3 Å². The van der Waals surface area contributed by atoms with E-state index in [0.717, 1.165) is 25.4 Å². The van der Waals surface area contributed by atoms with Gasteiger partial charge in [0, 0.05) is 32.5 Å². The normalized spacial score (nSPS) is 21.3. The summed E-state index contributed by atoms with van der Waals surface area (Å²) in [4.78, 5) is 2.40. The maximum absolute atomic E-state index is 5.57. The van der Waals surface area contributed by atoms with E-state index in [4.69, 9.17) is 4.74 Å². The largest absolute Gasteiger partial charge is 0.378 e. The van der Waals surface area contributed by atoms with Crippen LogP contribution in [0.1, 0.15) is 17.4 Å². The van der Waals surface area contributed by atoms with Crippen LogP contribution in [0.2, 0.25) is 0 Å². The maximum atomic E-state index is 5.57. The molecular formula is C12H17N5O. The number of aryl methyl sites for hydroxylation is 1. The minimum atomic E-state index is 0.246. The summed E-state index contributed by atoms with van der Waals surface area (Å²) >= 11 is 0. The van der Waals surface area contributed by atoms with Gasteiger partial charge in [0.05, 0.1) is 30.6 Å². The van der Waals surface area contributed by atoms with E-state index in [1.165, 1.54) is 5.69 Å². The molecule has 0 unspecified atom stereocenters. The van der Waals surface area contributed by atoms with Crippen LogP contribution in [0.25, 0.3) is 0 Å². The van der Waals surface area contributed by atoms with Crippen molar-refractivity contribution in [3.05, 3.63) is 35.9 Å². The Labute approximate surface area is 106 Å².